The van der Waals surface area contributed by atoms with Crippen molar-refractivity contribution in [3.63, 3.8) is 0 Å². The van der Waals surface area contributed by atoms with Crippen LogP contribution in [0.4, 0.5) is 5.69 Å². The van der Waals surface area contributed by atoms with Crippen LogP contribution in [-0.2, 0) is 11.3 Å². The molecule has 2 saturated heterocycles. The number of fused-ring (bicyclic) bond motifs is 2. The third-order valence-corrected chi connectivity index (χ3v) is 4.97. The Bertz CT molecular complexity index is 601. The molecule has 1 aromatic rings. The first-order chi connectivity index (χ1) is 9.99. The first-order valence-electron chi connectivity index (χ1n) is 7.20. The lowest BCUT2D eigenvalue weighted by Crippen LogP contribution is -2.32. The fourth-order valence-corrected chi connectivity index (χ4v) is 3.85. The zero-order valence-electron chi connectivity index (χ0n) is 11.9. The molecule has 3 unspecified atom stereocenters. The SMILES string of the molecule is Cc1c(CN2C3CCC2C(C(=O)O)C3)cccc1[N+](=O)[O-]. The molecule has 2 heterocycles. The van der Waals surface area contributed by atoms with Gasteiger partial charge in [0.05, 0.1) is 10.8 Å². The zero-order chi connectivity index (χ0) is 15.1. The van der Waals surface area contributed by atoms with Crippen molar-refractivity contribution in [1.82, 2.24) is 4.90 Å². The summed E-state index contributed by atoms with van der Waals surface area (Å²) >= 11 is 0. The summed E-state index contributed by atoms with van der Waals surface area (Å²) in [7, 11) is 0. The molecular weight excluding hydrogens is 272 g/mol. The van der Waals surface area contributed by atoms with E-state index in [4.69, 9.17) is 0 Å². The second-order valence-corrected chi connectivity index (χ2v) is 5.97. The number of hydrogen-bond donors (Lipinski definition) is 1. The van der Waals surface area contributed by atoms with E-state index in [9.17, 15) is 20.0 Å². The van der Waals surface area contributed by atoms with E-state index in [2.05, 4.69) is 4.90 Å². The Morgan fingerprint density at radius 3 is 2.86 bits per heavy atom. The third-order valence-electron chi connectivity index (χ3n) is 4.97. The standard InChI is InChI=1S/C15H18N2O4/c1-9-10(3-2-4-13(9)17(20)21)8-16-11-5-6-14(16)12(7-11)15(18)19/h2-4,11-12,14H,5-8H2,1H3,(H,18,19). The molecule has 0 aromatic heterocycles. The highest BCUT2D eigenvalue weighted by molar-refractivity contribution is 5.71. The number of carboxylic acid groups (broad SMARTS) is 1. The van der Waals surface area contributed by atoms with Gasteiger partial charge in [-0.15, -0.1) is 0 Å². The van der Waals surface area contributed by atoms with Crippen LogP contribution in [0.25, 0.3) is 0 Å². The monoisotopic (exact) mass is 290 g/mol. The maximum atomic E-state index is 11.3. The van der Waals surface area contributed by atoms with E-state index >= 15 is 0 Å². The first kappa shape index (κ1) is 14.0. The van der Waals surface area contributed by atoms with Crippen molar-refractivity contribution in [2.75, 3.05) is 0 Å². The number of nitro benzene ring substituents is 1. The Kier molecular flexibility index (Phi) is 3.41. The van der Waals surface area contributed by atoms with Gasteiger partial charge in [0.2, 0.25) is 0 Å². The van der Waals surface area contributed by atoms with Crippen molar-refractivity contribution in [2.24, 2.45) is 5.92 Å². The van der Waals surface area contributed by atoms with Crippen molar-refractivity contribution in [3.8, 4) is 0 Å². The van der Waals surface area contributed by atoms with Gasteiger partial charge in [0.15, 0.2) is 0 Å². The van der Waals surface area contributed by atoms with Gasteiger partial charge in [-0.3, -0.25) is 19.8 Å². The van der Waals surface area contributed by atoms with Gasteiger partial charge in [0.25, 0.3) is 5.69 Å². The lowest BCUT2D eigenvalue weighted by molar-refractivity contribution is -0.385. The summed E-state index contributed by atoms with van der Waals surface area (Å²) in [5, 5.41) is 20.3. The highest BCUT2D eigenvalue weighted by Crippen LogP contribution is 2.43. The second kappa shape index (κ2) is 5.11. The first-order valence-corrected chi connectivity index (χ1v) is 7.20. The average Bonchev–Trinajstić information content (AvgIpc) is 2.98. The molecule has 6 heteroatoms. The molecule has 0 amide bonds. The van der Waals surface area contributed by atoms with Crippen LogP contribution < -0.4 is 0 Å². The van der Waals surface area contributed by atoms with Crippen LogP contribution in [0.15, 0.2) is 18.2 Å². The Morgan fingerprint density at radius 1 is 1.48 bits per heavy atom. The van der Waals surface area contributed by atoms with Gasteiger partial charge < -0.3 is 5.11 Å². The number of carbonyl (C=O) groups is 1. The largest absolute Gasteiger partial charge is 0.481 e. The zero-order valence-corrected chi connectivity index (χ0v) is 11.9. The summed E-state index contributed by atoms with van der Waals surface area (Å²) in [6.45, 7) is 2.37. The molecule has 2 aliphatic heterocycles. The topological polar surface area (TPSA) is 83.7 Å². The van der Waals surface area contributed by atoms with E-state index in [-0.39, 0.29) is 22.6 Å². The van der Waals surface area contributed by atoms with Crippen molar-refractivity contribution >= 4 is 11.7 Å². The van der Waals surface area contributed by atoms with Gasteiger partial charge in [0, 0.05) is 30.3 Å². The molecule has 1 N–H and O–H groups in total. The number of aliphatic carboxylic acids is 1. The van der Waals surface area contributed by atoms with Gasteiger partial charge >= 0.3 is 5.97 Å². The number of hydrogen-bond acceptors (Lipinski definition) is 4. The molecule has 0 aliphatic carbocycles. The average molecular weight is 290 g/mol. The Labute approximate surface area is 122 Å². The van der Waals surface area contributed by atoms with E-state index in [0.717, 1.165) is 18.4 Å². The van der Waals surface area contributed by atoms with Gasteiger partial charge in [-0.25, -0.2) is 0 Å². The van der Waals surface area contributed by atoms with Crippen LogP contribution in [0.1, 0.15) is 30.4 Å². The van der Waals surface area contributed by atoms with Crippen LogP contribution in [-0.4, -0.2) is 33.0 Å². The Balaban J connectivity index is 1.84. The number of benzene rings is 1. The minimum atomic E-state index is -0.719. The molecule has 21 heavy (non-hydrogen) atoms. The summed E-state index contributed by atoms with van der Waals surface area (Å²) in [6, 6.07) is 5.49. The van der Waals surface area contributed by atoms with Crippen LogP contribution in [0.3, 0.4) is 0 Å². The number of rotatable bonds is 4. The minimum absolute atomic E-state index is 0.0752. The van der Waals surface area contributed by atoms with Crippen LogP contribution in [0.2, 0.25) is 0 Å². The maximum absolute atomic E-state index is 11.3. The van der Waals surface area contributed by atoms with Gasteiger partial charge in [-0.1, -0.05) is 12.1 Å². The van der Waals surface area contributed by atoms with Crippen LogP contribution in [0, 0.1) is 23.0 Å². The normalized spacial score (nSPS) is 28.0. The fraction of sp³-hybridized carbons (Fsp3) is 0.533. The smallest absolute Gasteiger partial charge is 0.308 e. The maximum Gasteiger partial charge on any atom is 0.308 e. The predicted octanol–water partition coefficient (Wildman–Crippen LogP) is 2.34. The molecule has 1 aromatic carbocycles. The summed E-state index contributed by atoms with van der Waals surface area (Å²) in [5.41, 5.74) is 1.74. The van der Waals surface area contributed by atoms with Crippen molar-refractivity contribution < 1.29 is 14.8 Å². The van der Waals surface area contributed by atoms with Gasteiger partial charge in [-0.2, -0.15) is 0 Å². The Hall–Kier alpha value is -1.95. The minimum Gasteiger partial charge on any atom is -0.481 e. The predicted molar refractivity (Wildman–Crippen MR) is 75.9 cm³/mol. The number of carboxylic acids is 1. The van der Waals surface area contributed by atoms with Crippen LogP contribution in [0.5, 0.6) is 0 Å². The Morgan fingerprint density at radius 2 is 2.24 bits per heavy atom. The molecule has 3 atom stereocenters. The molecular formula is C15H18N2O4. The lowest BCUT2D eigenvalue weighted by atomic mass is 9.89. The third kappa shape index (κ3) is 2.29. The van der Waals surface area contributed by atoms with Crippen LogP contribution >= 0.6 is 0 Å². The van der Waals surface area contributed by atoms with E-state index in [1.807, 2.05) is 6.07 Å². The van der Waals surface area contributed by atoms with Crippen molar-refractivity contribution in [3.05, 3.63) is 39.4 Å². The van der Waals surface area contributed by atoms with Gasteiger partial charge in [0.1, 0.15) is 0 Å². The number of nitrogens with zero attached hydrogens (tertiary/aromatic N) is 2. The molecule has 0 saturated carbocycles. The fourth-order valence-electron chi connectivity index (χ4n) is 3.85. The number of nitro groups is 1. The summed E-state index contributed by atoms with van der Waals surface area (Å²) in [4.78, 5) is 24.2. The summed E-state index contributed by atoms with van der Waals surface area (Å²) < 4.78 is 0. The molecule has 2 aliphatic rings. The van der Waals surface area contributed by atoms with E-state index in [1.54, 1.807) is 13.0 Å². The highest BCUT2D eigenvalue weighted by atomic mass is 16.6. The molecule has 6 nitrogen and oxygen atoms in total. The van der Waals surface area contributed by atoms with Crippen molar-refractivity contribution in [2.45, 2.75) is 44.8 Å². The van der Waals surface area contributed by atoms with E-state index in [1.165, 1.54) is 6.07 Å². The highest BCUT2D eigenvalue weighted by Gasteiger charge is 2.49. The molecule has 2 fully saturated rings. The quantitative estimate of drug-likeness (QED) is 0.679. The molecule has 112 valence electrons. The van der Waals surface area contributed by atoms with E-state index in [0.29, 0.717) is 24.6 Å². The van der Waals surface area contributed by atoms with Crippen molar-refractivity contribution in [1.29, 1.82) is 0 Å². The summed E-state index contributed by atoms with van der Waals surface area (Å²) in [5.74, 6) is -1.01. The van der Waals surface area contributed by atoms with Gasteiger partial charge in [-0.05, 0) is 31.7 Å². The lowest BCUT2D eigenvalue weighted by Gasteiger charge is -2.23. The molecule has 0 radical (unpaired) electrons. The molecule has 0 spiro atoms. The molecule has 2 bridgehead atoms. The van der Waals surface area contributed by atoms with E-state index < -0.39 is 5.97 Å². The summed E-state index contributed by atoms with van der Waals surface area (Å²) in [6.07, 6.45) is 2.64. The second-order valence-electron chi connectivity index (χ2n) is 5.97. The molecule has 3 rings (SSSR count).